The highest BCUT2D eigenvalue weighted by atomic mass is 79.9. The van der Waals surface area contributed by atoms with E-state index in [1.807, 2.05) is 0 Å². The van der Waals surface area contributed by atoms with E-state index in [0.717, 1.165) is 0 Å². The van der Waals surface area contributed by atoms with E-state index in [4.69, 9.17) is 23.2 Å². The molecule has 106 valence electrons. The smallest absolute Gasteiger partial charge is 0.258 e. The minimum absolute atomic E-state index is 0.0793. The molecule has 3 rings (SSSR count). The first-order valence-corrected chi connectivity index (χ1v) is 7.22. The van der Waals surface area contributed by atoms with Gasteiger partial charge in [0.25, 0.3) is 5.91 Å². The number of H-pyrrole nitrogens is 1. The molecule has 0 aliphatic carbocycles. The summed E-state index contributed by atoms with van der Waals surface area (Å²) in [6.07, 6.45) is 1.45. The number of fused-ring (bicyclic) bond motifs is 1. The number of nitrogens with one attached hydrogen (secondary N) is 2. The van der Waals surface area contributed by atoms with Gasteiger partial charge in [-0.3, -0.25) is 10.1 Å². The fraction of sp³-hybridized carbons (Fsp3) is 0. The first kappa shape index (κ1) is 14.2. The van der Waals surface area contributed by atoms with E-state index in [1.54, 1.807) is 18.2 Å². The lowest BCUT2D eigenvalue weighted by atomic mass is 10.2. The summed E-state index contributed by atoms with van der Waals surface area (Å²) in [7, 11) is 0. The first-order valence-electron chi connectivity index (χ1n) is 5.67. The van der Waals surface area contributed by atoms with Crippen molar-refractivity contribution in [3.05, 3.63) is 44.7 Å². The van der Waals surface area contributed by atoms with Crippen molar-refractivity contribution in [1.29, 1.82) is 0 Å². The quantitative estimate of drug-likeness (QED) is 0.658. The number of aromatic nitrogens is 4. The van der Waals surface area contributed by atoms with Crippen molar-refractivity contribution in [3.8, 4) is 0 Å². The number of benzene rings is 1. The zero-order chi connectivity index (χ0) is 15.0. The molecule has 0 atom stereocenters. The molecule has 21 heavy (non-hydrogen) atoms. The van der Waals surface area contributed by atoms with Crippen LogP contribution in [-0.2, 0) is 0 Å². The van der Waals surface area contributed by atoms with E-state index in [1.165, 1.54) is 6.33 Å². The molecular formula is C12H6BrCl2N5O. The van der Waals surface area contributed by atoms with E-state index >= 15 is 0 Å². The number of anilines is 1. The monoisotopic (exact) mass is 385 g/mol. The highest BCUT2D eigenvalue weighted by Gasteiger charge is 2.13. The number of rotatable bonds is 2. The van der Waals surface area contributed by atoms with Crippen LogP contribution >= 0.6 is 39.1 Å². The lowest BCUT2D eigenvalue weighted by molar-refractivity contribution is 0.102. The predicted octanol–water partition coefficient (Wildman–Crippen LogP) is 3.67. The summed E-state index contributed by atoms with van der Waals surface area (Å²) < 4.78 is 0.624. The second kappa shape index (κ2) is 5.59. The van der Waals surface area contributed by atoms with Gasteiger partial charge >= 0.3 is 0 Å². The highest BCUT2D eigenvalue weighted by molar-refractivity contribution is 9.10. The fourth-order valence-electron chi connectivity index (χ4n) is 1.66. The van der Waals surface area contributed by atoms with E-state index in [-0.39, 0.29) is 17.0 Å². The van der Waals surface area contributed by atoms with Crippen molar-refractivity contribution < 1.29 is 4.79 Å². The molecule has 2 N–H and O–H groups in total. The largest absolute Gasteiger partial charge is 0.341 e. The number of hydrogen-bond donors (Lipinski definition) is 2. The summed E-state index contributed by atoms with van der Waals surface area (Å²) in [5.74, 6) is -0.297. The van der Waals surface area contributed by atoms with Crippen molar-refractivity contribution in [3.63, 3.8) is 0 Å². The molecule has 0 radical (unpaired) electrons. The molecule has 0 unspecified atom stereocenters. The van der Waals surface area contributed by atoms with E-state index < -0.39 is 0 Å². The summed E-state index contributed by atoms with van der Waals surface area (Å²) >= 11 is 15.1. The van der Waals surface area contributed by atoms with Gasteiger partial charge in [-0.05, 0) is 34.1 Å². The molecule has 3 aromatic rings. The SMILES string of the molecule is O=C(Nc1nc(Cl)c2[nH]cnc2n1)c1ccc(Cl)c(Br)c1. The third kappa shape index (κ3) is 2.85. The van der Waals surface area contributed by atoms with Crippen molar-refractivity contribution in [2.45, 2.75) is 0 Å². The minimum Gasteiger partial charge on any atom is -0.341 e. The molecule has 0 bridgehead atoms. The van der Waals surface area contributed by atoms with Gasteiger partial charge in [0.2, 0.25) is 5.95 Å². The summed E-state index contributed by atoms with van der Waals surface area (Å²) in [4.78, 5) is 27.0. The third-order valence-electron chi connectivity index (χ3n) is 2.65. The van der Waals surface area contributed by atoms with Crippen LogP contribution in [0.15, 0.2) is 29.0 Å². The summed E-state index contributed by atoms with van der Waals surface area (Å²) in [5.41, 5.74) is 1.31. The van der Waals surface area contributed by atoms with Crippen LogP contribution < -0.4 is 5.32 Å². The van der Waals surface area contributed by atoms with E-state index in [9.17, 15) is 4.79 Å². The Bertz CT molecular complexity index is 851. The zero-order valence-electron chi connectivity index (χ0n) is 10.2. The molecule has 9 heteroatoms. The Labute approximate surface area is 137 Å². The Kier molecular flexibility index (Phi) is 3.79. The van der Waals surface area contributed by atoms with Gasteiger partial charge in [-0.2, -0.15) is 9.97 Å². The number of halogens is 3. The molecule has 0 aliphatic rings. The third-order valence-corrected chi connectivity index (χ3v) is 4.14. The lowest BCUT2D eigenvalue weighted by Crippen LogP contribution is -2.14. The van der Waals surface area contributed by atoms with Crippen LogP contribution in [0.5, 0.6) is 0 Å². The van der Waals surface area contributed by atoms with Gasteiger partial charge in [0.15, 0.2) is 10.8 Å². The highest BCUT2D eigenvalue weighted by Crippen LogP contribution is 2.24. The fourth-order valence-corrected chi connectivity index (χ4v) is 2.38. The zero-order valence-corrected chi connectivity index (χ0v) is 13.3. The molecule has 6 nitrogen and oxygen atoms in total. The standard InChI is InChI=1S/C12H6BrCl2N5O/c13-6-3-5(1-2-7(6)14)11(21)20-12-18-9(15)8-10(19-12)17-4-16-8/h1-4H,(H2,16,17,18,19,20,21). The molecule has 1 amide bonds. The van der Waals surface area contributed by atoms with Crippen LogP contribution in [0.1, 0.15) is 10.4 Å². The maximum atomic E-state index is 12.1. The molecule has 2 heterocycles. The normalized spacial score (nSPS) is 10.8. The lowest BCUT2D eigenvalue weighted by Gasteiger charge is -2.05. The topological polar surface area (TPSA) is 83.6 Å². The molecule has 0 spiro atoms. The van der Waals surface area contributed by atoms with Crippen LogP contribution in [0, 0.1) is 0 Å². The van der Waals surface area contributed by atoms with Gasteiger partial charge in [-0.1, -0.05) is 23.2 Å². The van der Waals surface area contributed by atoms with Crippen LogP contribution in [0.4, 0.5) is 5.95 Å². The van der Waals surface area contributed by atoms with E-state index in [2.05, 4.69) is 41.2 Å². The number of hydrogen-bond acceptors (Lipinski definition) is 4. The average Bonchev–Trinajstić information content (AvgIpc) is 2.90. The summed E-state index contributed by atoms with van der Waals surface area (Å²) in [6, 6.07) is 4.81. The van der Waals surface area contributed by atoms with Crippen LogP contribution in [-0.4, -0.2) is 25.8 Å². The number of nitrogens with zero attached hydrogens (tertiary/aromatic N) is 3. The van der Waals surface area contributed by atoms with Gasteiger partial charge < -0.3 is 4.98 Å². The molecule has 0 saturated carbocycles. The number of carbonyl (C=O) groups is 1. The van der Waals surface area contributed by atoms with Crippen molar-refractivity contribution >= 4 is 62.2 Å². The number of amides is 1. The molecule has 0 fully saturated rings. The Balaban J connectivity index is 1.90. The molecule has 2 aromatic heterocycles. The number of aromatic amines is 1. The Morgan fingerprint density at radius 1 is 1.29 bits per heavy atom. The molecule has 0 aliphatic heterocycles. The predicted molar refractivity (Wildman–Crippen MR) is 83.8 cm³/mol. The second-order valence-corrected chi connectivity index (χ2v) is 5.64. The second-order valence-electron chi connectivity index (χ2n) is 4.02. The maximum Gasteiger partial charge on any atom is 0.258 e. The van der Waals surface area contributed by atoms with Gasteiger partial charge in [0.05, 0.1) is 11.3 Å². The number of imidazole rings is 1. The van der Waals surface area contributed by atoms with Crippen LogP contribution in [0.3, 0.4) is 0 Å². The molecular weight excluding hydrogens is 381 g/mol. The summed E-state index contributed by atoms with van der Waals surface area (Å²) in [5, 5.41) is 3.27. The number of carbonyl (C=O) groups excluding carboxylic acids is 1. The Morgan fingerprint density at radius 3 is 2.86 bits per heavy atom. The molecule has 1 aromatic carbocycles. The minimum atomic E-state index is -0.377. The van der Waals surface area contributed by atoms with Crippen molar-refractivity contribution in [2.75, 3.05) is 5.32 Å². The van der Waals surface area contributed by atoms with Crippen molar-refractivity contribution in [1.82, 2.24) is 19.9 Å². The molecule has 0 saturated heterocycles. The van der Waals surface area contributed by atoms with E-state index in [0.29, 0.717) is 26.2 Å². The van der Waals surface area contributed by atoms with Crippen molar-refractivity contribution in [2.24, 2.45) is 0 Å². The van der Waals surface area contributed by atoms with Crippen LogP contribution in [0.25, 0.3) is 11.2 Å². The van der Waals surface area contributed by atoms with Gasteiger partial charge in [-0.15, -0.1) is 0 Å². The first-order chi connectivity index (χ1) is 10.0. The Morgan fingerprint density at radius 2 is 2.10 bits per heavy atom. The van der Waals surface area contributed by atoms with Crippen LogP contribution in [0.2, 0.25) is 10.2 Å². The average molecular weight is 387 g/mol. The summed E-state index contributed by atoms with van der Waals surface area (Å²) in [6.45, 7) is 0. The van der Waals surface area contributed by atoms with Gasteiger partial charge in [0, 0.05) is 10.0 Å². The van der Waals surface area contributed by atoms with Gasteiger partial charge in [-0.25, -0.2) is 4.98 Å². The van der Waals surface area contributed by atoms with Gasteiger partial charge in [0.1, 0.15) is 5.52 Å². The maximum absolute atomic E-state index is 12.1. The Hall–Kier alpha value is -1.70.